The van der Waals surface area contributed by atoms with Crippen LogP contribution in [0.25, 0.3) is 0 Å². The van der Waals surface area contributed by atoms with E-state index in [0.717, 1.165) is 12.8 Å². The molecule has 1 heterocycles. The molecule has 15 heavy (non-hydrogen) atoms. The lowest BCUT2D eigenvalue weighted by atomic mass is 9.84. The number of nitrogens with zero attached hydrogens (tertiary/aromatic N) is 1. The molecule has 0 aliphatic heterocycles. The predicted octanol–water partition coefficient (Wildman–Crippen LogP) is 2.41. The second kappa shape index (κ2) is 3.34. The van der Waals surface area contributed by atoms with Crippen LogP contribution >= 0.6 is 0 Å². The fourth-order valence-electron chi connectivity index (χ4n) is 2.80. The van der Waals surface area contributed by atoms with Crippen molar-refractivity contribution in [2.24, 2.45) is 5.73 Å². The lowest BCUT2D eigenvalue weighted by Gasteiger charge is -2.22. The van der Waals surface area contributed by atoms with Crippen molar-refractivity contribution in [1.29, 1.82) is 0 Å². The number of hydrogen-bond donors (Lipinski definition) is 2. The molecule has 0 atom stereocenters. The van der Waals surface area contributed by atoms with E-state index in [9.17, 15) is 0 Å². The average molecular weight is 205 g/mol. The van der Waals surface area contributed by atoms with E-state index < -0.39 is 0 Å². The highest BCUT2D eigenvalue weighted by atomic mass is 15.1. The van der Waals surface area contributed by atoms with Crippen molar-refractivity contribution in [3.8, 4) is 0 Å². The third-order valence-corrected chi connectivity index (χ3v) is 4.01. The Bertz CT molecular complexity index is 346. The molecule has 3 rings (SSSR count). The van der Waals surface area contributed by atoms with Gasteiger partial charge < -0.3 is 5.73 Å². The van der Waals surface area contributed by atoms with Gasteiger partial charge in [0.15, 0.2) is 0 Å². The largest absolute Gasteiger partial charge is 0.321 e. The Labute approximate surface area is 90.4 Å². The molecular weight excluding hydrogens is 186 g/mol. The maximum Gasteiger partial charge on any atom is 0.0540 e. The molecule has 0 saturated heterocycles. The first kappa shape index (κ1) is 9.40. The molecule has 2 aliphatic carbocycles. The molecule has 0 aromatic carbocycles. The first-order chi connectivity index (χ1) is 7.30. The molecule has 0 spiro atoms. The van der Waals surface area contributed by atoms with Gasteiger partial charge in [-0.15, -0.1) is 0 Å². The summed E-state index contributed by atoms with van der Waals surface area (Å²) >= 11 is 0. The SMILES string of the molecule is NC1(c2cn[nH]c2C2CCCCC2)CC1. The second-order valence-electron chi connectivity index (χ2n) is 5.19. The number of aromatic nitrogens is 2. The van der Waals surface area contributed by atoms with Crippen LogP contribution in [0.4, 0.5) is 0 Å². The highest BCUT2D eigenvalue weighted by Gasteiger charge is 2.43. The van der Waals surface area contributed by atoms with Gasteiger partial charge >= 0.3 is 0 Å². The Morgan fingerprint density at radius 2 is 2.00 bits per heavy atom. The minimum atomic E-state index is -0.0280. The predicted molar refractivity (Wildman–Crippen MR) is 59.5 cm³/mol. The van der Waals surface area contributed by atoms with Gasteiger partial charge in [-0.05, 0) is 25.7 Å². The van der Waals surface area contributed by atoms with Crippen LogP contribution in [0.15, 0.2) is 6.20 Å². The van der Waals surface area contributed by atoms with Crippen LogP contribution in [-0.2, 0) is 5.54 Å². The van der Waals surface area contributed by atoms with E-state index in [0.29, 0.717) is 5.92 Å². The average Bonchev–Trinajstić information content (AvgIpc) is 2.85. The van der Waals surface area contributed by atoms with Crippen LogP contribution < -0.4 is 5.73 Å². The minimum absolute atomic E-state index is 0.0280. The number of hydrogen-bond acceptors (Lipinski definition) is 2. The quantitative estimate of drug-likeness (QED) is 0.779. The molecule has 3 nitrogen and oxygen atoms in total. The fraction of sp³-hybridized carbons (Fsp3) is 0.750. The van der Waals surface area contributed by atoms with Crippen molar-refractivity contribution in [2.45, 2.75) is 56.4 Å². The van der Waals surface area contributed by atoms with Gasteiger partial charge in [0.2, 0.25) is 0 Å². The van der Waals surface area contributed by atoms with E-state index in [1.54, 1.807) is 0 Å². The molecule has 1 aromatic rings. The summed E-state index contributed by atoms with van der Waals surface area (Å²) in [4.78, 5) is 0. The van der Waals surface area contributed by atoms with Gasteiger partial charge in [0, 0.05) is 22.7 Å². The molecule has 0 bridgehead atoms. The summed E-state index contributed by atoms with van der Waals surface area (Å²) in [5.74, 6) is 0.692. The zero-order valence-corrected chi connectivity index (χ0v) is 9.13. The second-order valence-corrected chi connectivity index (χ2v) is 5.19. The zero-order valence-electron chi connectivity index (χ0n) is 9.13. The maximum atomic E-state index is 6.26. The van der Waals surface area contributed by atoms with Gasteiger partial charge in [-0.25, -0.2) is 0 Å². The monoisotopic (exact) mass is 205 g/mol. The van der Waals surface area contributed by atoms with E-state index in [4.69, 9.17) is 5.73 Å². The summed E-state index contributed by atoms with van der Waals surface area (Å²) in [5, 5.41) is 7.39. The van der Waals surface area contributed by atoms with Crippen LogP contribution in [0.3, 0.4) is 0 Å². The Kier molecular flexibility index (Phi) is 2.09. The molecule has 82 valence electrons. The highest BCUT2D eigenvalue weighted by Crippen LogP contribution is 2.46. The van der Waals surface area contributed by atoms with Crippen molar-refractivity contribution in [2.75, 3.05) is 0 Å². The maximum absolute atomic E-state index is 6.26. The van der Waals surface area contributed by atoms with Crippen molar-refractivity contribution in [3.05, 3.63) is 17.5 Å². The van der Waals surface area contributed by atoms with Crippen molar-refractivity contribution >= 4 is 0 Å². The Hall–Kier alpha value is -0.830. The molecule has 3 heteroatoms. The van der Waals surface area contributed by atoms with Gasteiger partial charge in [0.25, 0.3) is 0 Å². The Morgan fingerprint density at radius 1 is 1.27 bits per heavy atom. The van der Waals surface area contributed by atoms with Crippen LogP contribution in [0.2, 0.25) is 0 Å². The fourth-order valence-corrected chi connectivity index (χ4v) is 2.80. The molecule has 2 saturated carbocycles. The molecular formula is C12H19N3. The smallest absolute Gasteiger partial charge is 0.0540 e. The molecule has 2 aliphatic rings. The first-order valence-corrected chi connectivity index (χ1v) is 6.12. The first-order valence-electron chi connectivity index (χ1n) is 6.12. The molecule has 0 unspecified atom stereocenters. The van der Waals surface area contributed by atoms with Gasteiger partial charge in [0.1, 0.15) is 0 Å². The standard InChI is InChI=1S/C12H19N3/c13-12(6-7-12)10-8-14-15-11(10)9-4-2-1-3-5-9/h8-9H,1-7,13H2,(H,14,15). The summed E-state index contributed by atoms with van der Waals surface area (Å²) in [6, 6.07) is 0. The number of aromatic amines is 1. The normalized spacial score (nSPS) is 25.4. The van der Waals surface area contributed by atoms with E-state index >= 15 is 0 Å². The van der Waals surface area contributed by atoms with Crippen LogP contribution in [0, 0.1) is 0 Å². The van der Waals surface area contributed by atoms with Crippen LogP contribution in [0.5, 0.6) is 0 Å². The number of nitrogens with one attached hydrogen (secondary N) is 1. The van der Waals surface area contributed by atoms with Gasteiger partial charge in [-0.3, -0.25) is 5.10 Å². The summed E-state index contributed by atoms with van der Waals surface area (Å²) < 4.78 is 0. The highest BCUT2D eigenvalue weighted by molar-refractivity contribution is 5.33. The molecule has 2 fully saturated rings. The Balaban J connectivity index is 1.87. The van der Waals surface area contributed by atoms with Crippen molar-refractivity contribution < 1.29 is 0 Å². The number of rotatable bonds is 2. The van der Waals surface area contributed by atoms with Gasteiger partial charge in [-0.1, -0.05) is 19.3 Å². The van der Waals surface area contributed by atoms with E-state index in [-0.39, 0.29) is 5.54 Å². The zero-order chi connectivity index (χ0) is 10.3. The minimum Gasteiger partial charge on any atom is -0.321 e. The van der Waals surface area contributed by atoms with Crippen LogP contribution in [-0.4, -0.2) is 10.2 Å². The van der Waals surface area contributed by atoms with Gasteiger partial charge in [-0.2, -0.15) is 5.10 Å². The summed E-state index contributed by atoms with van der Waals surface area (Å²) in [6.45, 7) is 0. The number of H-pyrrole nitrogens is 1. The topological polar surface area (TPSA) is 54.7 Å². The van der Waals surface area contributed by atoms with Gasteiger partial charge in [0.05, 0.1) is 6.20 Å². The van der Waals surface area contributed by atoms with Crippen LogP contribution in [0.1, 0.15) is 62.1 Å². The van der Waals surface area contributed by atoms with E-state index in [2.05, 4.69) is 10.2 Å². The van der Waals surface area contributed by atoms with Crippen molar-refractivity contribution in [3.63, 3.8) is 0 Å². The summed E-state index contributed by atoms with van der Waals surface area (Å²) in [7, 11) is 0. The lowest BCUT2D eigenvalue weighted by molar-refractivity contribution is 0.432. The molecule has 3 N–H and O–H groups in total. The lowest BCUT2D eigenvalue weighted by Crippen LogP contribution is -2.21. The van der Waals surface area contributed by atoms with E-state index in [1.807, 2.05) is 6.20 Å². The third kappa shape index (κ3) is 1.59. The summed E-state index contributed by atoms with van der Waals surface area (Å²) in [5.41, 5.74) is 8.87. The molecule has 0 radical (unpaired) electrons. The van der Waals surface area contributed by atoms with E-state index in [1.165, 1.54) is 43.4 Å². The Morgan fingerprint density at radius 3 is 2.67 bits per heavy atom. The molecule has 1 aromatic heterocycles. The summed E-state index contributed by atoms with van der Waals surface area (Å²) in [6.07, 6.45) is 11.0. The molecule has 0 amide bonds. The number of nitrogens with two attached hydrogens (primary N) is 1. The third-order valence-electron chi connectivity index (χ3n) is 4.01. The van der Waals surface area contributed by atoms with Crippen molar-refractivity contribution in [1.82, 2.24) is 10.2 Å².